The summed E-state index contributed by atoms with van der Waals surface area (Å²) >= 11 is 0. The van der Waals surface area contributed by atoms with E-state index in [9.17, 15) is 8.78 Å². The Balaban J connectivity index is 2.15. The molecule has 0 radical (unpaired) electrons. The zero-order valence-corrected chi connectivity index (χ0v) is 10.1. The third-order valence-corrected chi connectivity index (χ3v) is 3.76. The van der Waals surface area contributed by atoms with Crippen molar-refractivity contribution in [2.75, 3.05) is 6.79 Å². The van der Waals surface area contributed by atoms with Gasteiger partial charge in [0.05, 0.1) is 0 Å². The van der Waals surface area contributed by atoms with Gasteiger partial charge in [-0.3, -0.25) is 0 Å². The van der Waals surface area contributed by atoms with Crippen LogP contribution in [0.5, 0.6) is 11.5 Å². The van der Waals surface area contributed by atoms with Gasteiger partial charge in [0.15, 0.2) is 11.5 Å². The van der Waals surface area contributed by atoms with Crippen LogP contribution in [0.4, 0.5) is 8.78 Å². The summed E-state index contributed by atoms with van der Waals surface area (Å²) in [6, 6.07) is 2.81. The number of benzene rings is 1. The van der Waals surface area contributed by atoms with Crippen molar-refractivity contribution in [1.82, 2.24) is 0 Å². The maximum Gasteiger partial charge on any atom is 0.270 e. The molecule has 0 spiro atoms. The Hall–Kier alpha value is -1.36. The van der Waals surface area contributed by atoms with Crippen molar-refractivity contribution in [1.29, 1.82) is 0 Å². The Labute approximate surface area is 104 Å². The number of rotatable bonds is 2. The molecule has 0 bridgehead atoms. The van der Waals surface area contributed by atoms with Crippen LogP contribution in [0.2, 0.25) is 0 Å². The van der Waals surface area contributed by atoms with Gasteiger partial charge in [-0.05, 0) is 31.4 Å². The fourth-order valence-electron chi connectivity index (χ4n) is 2.46. The van der Waals surface area contributed by atoms with E-state index in [-0.39, 0.29) is 12.4 Å². The Morgan fingerprint density at radius 2 is 2.00 bits per heavy atom. The monoisotopic (exact) mass is 255 g/mol. The third kappa shape index (κ3) is 1.65. The topological polar surface area (TPSA) is 44.5 Å². The lowest BCUT2D eigenvalue weighted by molar-refractivity contribution is 0.0170. The minimum absolute atomic E-state index is 0.0666. The average Bonchev–Trinajstić information content (AvgIpc) is 2.71. The first-order valence-electron chi connectivity index (χ1n) is 6.01. The number of ether oxygens (including phenoxy) is 2. The fourth-order valence-corrected chi connectivity index (χ4v) is 2.46. The molecule has 0 unspecified atom stereocenters. The van der Waals surface area contributed by atoms with Crippen molar-refractivity contribution in [3.63, 3.8) is 0 Å². The molecule has 18 heavy (non-hydrogen) atoms. The van der Waals surface area contributed by atoms with Crippen molar-refractivity contribution >= 4 is 0 Å². The normalized spacial score (nSPS) is 20.7. The summed E-state index contributed by atoms with van der Waals surface area (Å²) < 4.78 is 37.6. The standard InChI is InChI=1S/C13H15F2NO2/c1-12(14,15)8-5-9(13(16)3-2-4-13)11-10(6-8)17-7-18-11/h5-6H,2-4,7,16H2,1H3. The van der Waals surface area contributed by atoms with E-state index in [1.54, 1.807) is 0 Å². The van der Waals surface area contributed by atoms with E-state index in [1.807, 2.05) is 0 Å². The molecule has 1 saturated carbocycles. The molecular weight excluding hydrogens is 240 g/mol. The predicted molar refractivity (Wildman–Crippen MR) is 61.8 cm³/mol. The lowest BCUT2D eigenvalue weighted by Gasteiger charge is -2.39. The van der Waals surface area contributed by atoms with Gasteiger partial charge in [0.1, 0.15) is 0 Å². The van der Waals surface area contributed by atoms with Gasteiger partial charge >= 0.3 is 0 Å². The molecule has 1 aliphatic heterocycles. The van der Waals surface area contributed by atoms with E-state index in [1.165, 1.54) is 12.1 Å². The Bertz CT molecular complexity index is 492. The van der Waals surface area contributed by atoms with Crippen LogP contribution in [0.15, 0.2) is 12.1 Å². The van der Waals surface area contributed by atoms with E-state index < -0.39 is 11.5 Å². The second-order valence-corrected chi connectivity index (χ2v) is 5.16. The van der Waals surface area contributed by atoms with Crippen molar-refractivity contribution in [3.8, 4) is 11.5 Å². The molecule has 98 valence electrons. The minimum Gasteiger partial charge on any atom is -0.454 e. The van der Waals surface area contributed by atoms with Gasteiger partial charge in [-0.2, -0.15) is 0 Å². The number of nitrogens with two attached hydrogens (primary N) is 1. The second kappa shape index (κ2) is 3.57. The summed E-state index contributed by atoms with van der Waals surface area (Å²) in [5.74, 6) is -2.00. The van der Waals surface area contributed by atoms with Gasteiger partial charge in [0, 0.05) is 23.6 Å². The highest BCUT2D eigenvalue weighted by atomic mass is 19.3. The SMILES string of the molecule is CC(F)(F)c1cc2c(c(C3(N)CCC3)c1)OCO2. The summed E-state index contributed by atoms with van der Waals surface area (Å²) in [6.45, 7) is 0.940. The number of hydrogen-bond acceptors (Lipinski definition) is 3. The third-order valence-electron chi connectivity index (χ3n) is 3.76. The quantitative estimate of drug-likeness (QED) is 0.883. The molecule has 1 fully saturated rings. The first kappa shape index (κ1) is 11.7. The fraction of sp³-hybridized carbons (Fsp3) is 0.538. The van der Waals surface area contributed by atoms with Gasteiger partial charge in [0.2, 0.25) is 6.79 Å². The molecule has 3 nitrogen and oxygen atoms in total. The number of alkyl halides is 2. The first-order valence-corrected chi connectivity index (χ1v) is 6.01. The molecule has 2 N–H and O–H groups in total. The number of halogens is 2. The van der Waals surface area contributed by atoms with Crippen LogP contribution in [0.25, 0.3) is 0 Å². The number of fused-ring (bicyclic) bond motifs is 1. The Morgan fingerprint density at radius 1 is 1.28 bits per heavy atom. The average molecular weight is 255 g/mol. The van der Waals surface area contributed by atoms with Crippen molar-refractivity contribution in [3.05, 3.63) is 23.3 Å². The molecule has 2 aliphatic rings. The lowest BCUT2D eigenvalue weighted by atomic mass is 9.72. The van der Waals surface area contributed by atoms with E-state index in [0.717, 1.165) is 26.2 Å². The summed E-state index contributed by atoms with van der Waals surface area (Å²) in [4.78, 5) is 0. The maximum atomic E-state index is 13.5. The van der Waals surface area contributed by atoms with Crippen LogP contribution in [-0.4, -0.2) is 6.79 Å². The highest BCUT2D eigenvalue weighted by molar-refractivity contribution is 5.55. The maximum absolute atomic E-state index is 13.5. The van der Waals surface area contributed by atoms with Crippen molar-refractivity contribution < 1.29 is 18.3 Å². The zero-order valence-electron chi connectivity index (χ0n) is 10.1. The van der Waals surface area contributed by atoms with Gasteiger partial charge in [0.25, 0.3) is 5.92 Å². The van der Waals surface area contributed by atoms with Crippen molar-refractivity contribution in [2.45, 2.75) is 37.6 Å². The van der Waals surface area contributed by atoms with E-state index in [2.05, 4.69) is 0 Å². The summed E-state index contributed by atoms with van der Waals surface area (Å²) in [5, 5.41) is 0. The zero-order chi connectivity index (χ0) is 13.0. The van der Waals surface area contributed by atoms with Gasteiger partial charge in [-0.1, -0.05) is 0 Å². The highest BCUT2D eigenvalue weighted by Gasteiger charge is 2.41. The molecule has 0 saturated heterocycles. The van der Waals surface area contributed by atoms with Crippen LogP contribution in [0.3, 0.4) is 0 Å². The molecule has 1 heterocycles. The summed E-state index contributed by atoms with van der Waals surface area (Å²) in [5.41, 5.74) is 6.27. The molecule has 1 aliphatic carbocycles. The molecule has 1 aromatic carbocycles. The van der Waals surface area contributed by atoms with Crippen LogP contribution in [0.1, 0.15) is 37.3 Å². The number of hydrogen-bond donors (Lipinski definition) is 1. The van der Waals surface area contributed by atoms with E-state index >= 15 is 0 Å². The molecular formula is C13H15F2NO2. The largest absolute Gasteiger partial charge is 0.454 e. The molecule has 1 aromatic rings. The highest BCUT2D eigenvalue weighted by Crippen LogP contribution is 2.49. The smallest absolute Gasteiger partial charge is 0.270 e. The summed E-state index contributed by atoms with van der Waals surface area (Å²) in [6.07, 6.45) is 2.60. The van der Waals surface area contributed by atoms with Gasteiger partial charge in [-0.25, -0.2) is 8.78 Å². The van der Waals surface area contributed by atoms with Gasteiger partial charge < -0.3 is 15.2 Å². The van der Waals surface area contributed by atoms with Crippen LogP contribution < -0.4 is 15.2 Å². The van der Waals surface area contributed by atoms with Gasteiger partial charge in [-0.15, -0.1) is 0 Å². The van der Waals surface area contributed by atoms with E-state index in [0.29, 0.717) is 17.1 Å². The van der Waals surface area contributed by atoms with Crippen LogP contribution >= 0.6 is 0 Å². The van der Waals surface area contributed by atoms with Crippen LogP contribution in [-0.2, 0) is 11.5 Å². The molecule has 0 amide bonds. The molecule has 0 atom stereocenters. The molecule has 5 heteroatoms. The lowest BCUT2D eigenvalue weighted by Crippen LogP contribution is -2.43. The van der Waals surface area contributed by atoms with E-state index in [4.69, 9.17) is 15.2 Å². The Morgan fingerprint density at radius 3 is 2.56 bits per heavy atom. The summed E-state index contributed by atoms with van der Waals surface area (Å²) in [7, 11) is 0. The minimum atomic E-state index is -2.91. The van der Waals surface area contributed by atoms with Crippen molar-refractivity contribution in [2.24, 2.45) is 5.73 Å². The first-order chi connectivity index (χ1) is 8.40. The molecule has 0 aromatic heterocycles. The predicted octanol–water partition coefficient (Wildman–Crippen LogP) is 2.86. The van der Waals surface area contributed by atoms with Crippen LogP contribution in [0, 0.1) is 0 Å². The second-order valence-electron chi connectivity index (χ2n) is 5.16. The molecule has 3 rings (SSSR count). The Kier molecular flexibility index (Phi) is 2.32.